The maximum atomic E-state index is 14.4. The number of amides is 1. The zero-order valence-electron chi connectivity index (χ0n) is 14.8. The second kappa shape index (κ2) is 7.69. The van der Waals surface area contributed by atoms with E-state index < -0.39 is 30.4 Å². The number of nitrogens with one attached hydrogen (secondary N) is 1. The second-order valence-electron chi connectivity index (χ2n) is 6.05. The number of aromatic amines is 1. The number of H-pyrrole nitrogens is 1. The molecule has 0 saturated heterocycles. The summed E-state index contributed by atoms with van der Waals surface area (Å²) in [5.41, 5.74) is 5.07. The van der Waals surface area contributed by atoms with E-state index in [9.17, 15) is 31.1 Å². The standard InChI is InChI=1S/C18H12F6N4O2/c19-12-6-5-9(15-26-16(14(25)29)28-27-15)7-11(12)10-3-1-2-4-13(10)30-8-17(20,21)18(22,23)24/h1-7H,8H2,(H2,25,29)(H,26,27,28). The van der Waals surface area contributed by atoms with E-state index in [1.54, 1.807) is 0 Å². The van der Waals surface area contributed by atoms with Gasteiger partial charge in [-0.25, -0.2) is 9.37 Å². The van der Waals surface area contributed by atoms with Gasteiger partial charge >= 0.3 is 12.1 Å². The third-order valence-electron chi connectivity index (χ3n) is 3.94. The number of carbonyl (C=O) groups excluding carboxylic acids is 1. The Labute approximate surface area is 164 Å². The molecule has 0 aliphatic heterocycles. The third kappa shape index (κ3) is 4.21. The summed E-state index contributed by atoms with van der Waals surface area (Å²) in [6, 6.07) is 8.71. The fourth-order valence-electron chi connectivity index (χ4n) is 2.44. The molecule has 0 unspecified atom stereocenters. The van der Waals surface area contributed by atoms with Crippen LogP contribution in [-0.2, 0) is 0 Å². The number of para-hydroxylation sites is 1. The maximum absolute atomic E-state index is 14.4. The molecule has 158 valence electrons. The maximum Gasteiger partial charge on any atom is 0.456 e. The minimum atomic E-state index is -5.79. The lowest BCUT2D eigenvalue weighted by Gasteiger charge is -2.21. The number of hydrogen-bond donors (Lipinski definition) is 2. The number of aromatic nitrogens is 3. The number of ether oxygens (including phenoxy) is 1. The number of primary amides is 1. The molecule has 0 saturated carbocycles. The Morgan fingerprint density at radius 3 is 2.40 bits per heavy atom. The van der Waals surface area contributed by atoms with Crippen molar-refractivity contribution in [3.8, 4) is 28.3 Å². The summed E-state index contributed by atoms with van der Waals surface area (Å²) in [6.07, 6.45) is -5.79. The fourth-order valence-corrected chi connectivity index (χ4v) is 2.44. The van der Waals surface area contributed by atoms with Crippen molar-refractivity contribution in [3.05, 3.63) is 54.1 Å². The Kier molecular flexibility index (Phi) is 5.42. The van der Waals surface area contributed by atoms with Crippen molar-refractivity contribution in [2.24, 2.45) is 5.73 Å². The normalized spacial score (nSPS) is 12.1. The first-order valence-electron chi connectivity index (χ1n) is 8.18. The number of alkyl halides is 5. The molecule has 0 bridgehead atoms. The van der Waals surface area contributed by atoms with Crippen LogP contribution in [0.3, 0.4) is 0 Å². The van der Waals surface area contributed by atoms with Crippen molar-refractivity contribution >= 4 is 5.91 Å². The molecule has 1 aromatic heterocycles. The van der Waals surface area contributed by atoms with Crippen molar-refractivity contribution in [3.63, 3.8) is 0 Å². The molecule has 0 fully saturated rings. The van der Waals surface area contributed by atoms with Crippen LogP contribution in [0.5, 0.6) is 5.75 Å². The average Bonchev–Trinajstić information content (AvgIpc) is 3.17. The molecule has 3 N–H and O–H groups in total. The monoisotopic (exact) mass is 430 g/mol. The van der Waals surface area contributed by atoms with E-state index in [2.05, 4.69) is 19.9 Å². The molecule has 0 radical (unpaired) electrons. The molecular weight excluding hydrogens is 418 g/mol. The zero-order chi connectivity index (χ0) is 22.1. The van der Waals surface area contributed by atoms with Crippen LogP contribution in [0, 0.1) is 5.82 Å². The Bertz CT molecular complexity index is 1080. The van der Waals surface area contributed by atoms with Gasteiger partial charge in [0.1, 0.15) is 11.6 Å². The predicted molar refractivity (Wildman–Crippen MR) is 92.2 cm³/mol. The minimum Gasteiger partial charge on any atom is -0.486 e. The molecule has 0 spiro atoms. The van der Waals surface area contributed by atoms with Gasteiger partial charge in [-0.15, -0.1) is 0 Å². The van der Waals surface area contributed by atoms with Crippen molar-refractivity contribution in [1.29, 1.82) is 0 Å². The van der Waals surface area contributed by atoms with E-state index in [4.69, 9.17) is 5.73 Å². The van der Waals surface area contributed by atoms with Crippen molar-refractivity contribution in [1.82, 2.24) is 15.2 Å². The molecular formula is C18H12F6N4O2. The Hall–Kier alpha value is -3.57. The predicted octanol–water partition coefficient (Wildman–Crippen LogP) is 3.95. The summed E-state index contributed by atoms with van der Waals surface area (Å²) in [7, 11) is 0. The highest BCUT2D eigenvalue weighted by molar-refractivity contribution is 5.89. The van der Waals surface area contributed by atoms with E-state index in [0.717, 1.165) is 12.1 Å². The highest BCUT2D eigenvalue weighted by Gasteiger charge is 2.58. The van der Waals surface area contributed by atoms with Crippen LogP contribution in [0.25, 0.3) is 22.5 Å². The highest BCUT2D eigenvalue weighted by Crippen LogP contribution is 2.38. The topological polar surface area (TPSA) is 93.9 Å². The number of nitrogens with zero attached hydrogens (tertiary/aromatic N) is 2. The SMILES string of the molecule is NC(=O)c1nc(-c2ccc(F)c(-c3ccccc3OCC(F)(F)C(F)(F)F)c2)n[nH]1. The van der Waals surface area contributed by atoms with E-state index >= 15 is 0 Å². The van der Waals surface area contributed by atoms with Gasteiger partial charge in [-0.3, -0.25) is 9.89 Å². The van der Waals surface area contributed by atoms with Gasteiger partial charge < -0.3 is 10.5 Å². The molecule has 3 aromatic rings. The number of halogens is 6. The molecule has 2 aromatic carbocycles. The van der Waals surface area contributed by atoms with Crippen molar-refractivity contribution in [2.75, 3.05) is 6.61 Å². The van der Waals surface area contributed by atoms with E-state index in [1.807, 2.05) is 0 Å². The molecule has 12 heteroatoms. The molecule has 1 amide bonds. The van der Waals surface area contributed by atoms with Crippen molar-refractivity contribution in [2.45, 2.75) is 12.1 Å². The van der Waals surface area contributed by atoms with Crippen LogP contribution >= 0.6 is 0 Å². The van der Waals surface area contributed by atoms with Gasteiger partial charge in [-0.2, -0.15) is 27.1 Å². The van der Waals surface area contributed by atoms with E-state index in [-0.39, 0.29) is 34.1 Å². The molecule has 3 rings (SSSR count). The van der Waals surface area contributed by atoms with Gasteiger partial charge in [-0.05, 0) is 24.3 Å². The summed E-state index contributed by atoms with van der Waals surface area (Å²) in [4.78, 5) is 15.0. The van der Waals surface area contributed by atoms with Crippen molar-refractivity contribution < 1.29 is 35.9 Å². The number of benzene rings is 2. The van der Waals surface area contributed by atoms with Gasteiger partial charge in [0, 0.05) is 16.7 Å². The molecule has 0 aliphatic carbocycles. The number of carbonyl (C=O) groups is 1. The smallest absolute Gasteiger partial charge is 0.456 e. The van der Waals surface area contributed by atoms with Crippen LogP contribution in [0.4, 0.5) is 26.3 Å². The number of rotatable bonds is 6. The number of nitrogens with two attached hydrogens (primary N) is 1. The van der Waals surface area contributed by atoms with Crippen LogP contribution in [0.2, 0.25) is 0 Å². The lowest BCUT2D eigenvalue weighted by molar-refractivity contribution is -0.289. The lowest BCUT2D eigenvalue weighted by atomic mass is 10.0. The fraction of sp³-hybridized carbons (Fsp3) is 0.167. The third-order valence-corrected chi connectivity index (χ3v) is 3.94. The van der Waals surface area contributed by atoms with E-state index in [1.165, 1.54) is 30.3 Å². The Morgan fingerprint density at radius 1 is 1.07 bits per heavy atom. The summed E-state index contributed by atoms with van der Waals surface area (Å²) in [5.74, 6) is -7.40. The molecule has 1 heterocycles. The first kappa shape index (κ1) is 21.1. The molecule has 0 atom stereocenters. The van der Waals surface area contributed by atoms with Gasteiger partial charge in [0.15, 0.2) is 12.4 Å². The van der Waals surface area contributed by atoms with E-state index in [0.29, 0.717) is 0 Å². The first-order chi connectivity index (χ1) is 14.0. The average molecular weight is 430 g/mol. The van der Waals surface area contributed by atoms with Gasteiger partial charge in [-0.1, -0.05) is 18.2 Å². The lowest BCUT2D eigenvalue weighted by Crippen LogP contribution is -2.41. The number of hydrogen-bond acceptors (Lipinski definition) is 4. The Balaban J connectivity index is 1.97. The summed E-state index contributed by atoms with van der Waals surface area (Å²) in [5, 5.41) is 6.07. The molecule has 0 aliphatic rings. The van der Waals surface area contributed by atoms with Gasteiger partial charge in [0.25, 0.3) is 5.91 Å². The van der Waals surface area contributed by atoms with Crippen LogP contribution < -0.4 is 10.5 Å². The molecule has 6 nitrogen and oxygen atoms in total. The Morgan fingerprint density at radius 2 is 1.77 bits per heavy atom. The highest BCUT2D eigenvalue weighted by atomic mass is 19.4. The molecule has 30 heavy (non-hydrogen) atoms. The summed E-state index contributed by atoms with van der Waals surface area (Å²) in [6.45, 7) is -1.97. The van der Waals surface area contributed by atoms with Gasteiger partial charge in [0.05, 0.1) is 0 Å². The summed E-state index contributed by atoms with van der Waals surface area (Å²) >= 11 is 0. The van der Waals surface area contributed by atoms with Crippen LogP contribution in [0.15, 0.2) is 42.5 Å². The second-order valence-corrected chi connectivity index (χ2v) is 6.05. The first-order valence-corrected chi connectivity index (χ1v) is 8.18. The van der Waals surface area contributed by atoms with Crippen LogP contribution in [0.1, 0.15) is 10.6 Å². The van der Waals surface area contributed by atoms with Crippen LogP contribution in [-0.4, -0.2) is 39.8 Å². The summed E-state index contributed by atoms with van der Waals surface area (Å²) < 4.78 is 82.7. The largest absolute Gasteiger partial charge is 0.486 e. The quantitative estimate of drug-likeness (QED) is 0.579. The zero-order valence-corrected chi connectivity index (χ0v) is 14.8. The minimum absolute atomic E-state index is 0.00736. The van der Waals surface area contributed by atoms with Gasteiger partial charge in [0.2, 0.25) is 5.82 Å².